The van der Waals surface area contributed by atoms with Crippen LogP contribution in [0.1, 0.15) is 36.2 Å². The van der Waals surface area contributed by atoms with Gasteiger partial charge in [-0.3, -0.25) is 4.79 Å². The van der Waals surface area contributed by atoms with Gasteiger partial charge < -0.3 is 15.2 Å². The SMILES string of the molecule is CC1(C)Cc2ccc(C(=O)N[C@@H]3CCS(=O)(=O)C3)c(O)c2O1. The van der Waals surface area contributed by atoms with Gasteiger partial charge in [-0.1, -0.05) is 6.07 Å². The number of ether oxygens (including phenoxy) is 1. The summed E-state index contributed by atoms with van der Waals surface area (Å²) >= 11 is 0. The van der Waals surface area contributed by atoms with Crippen molar-refractivity contribution in [3.8, 4) is 11.5 Å². The number of hydrogen-bond acceptors (Lipinski definition) is 5. The van der Waals surface area contributed by atoms with Crippen molar-refractivity contribution in [2.24, 2.45) is 0 Å². The van der Waals surface area contributed by atoms with E-state index in [1.807, 2.05) is 13.8 Å². The summed E-state index contributed by atoms with van der Waals surface area (Å²) in [6.45, 7) is 3.82. The Bertz CT molecular complexity index is 739. The summed E-state index contributed by atoms with van der Waals surface area (Å²) in [5.74, 6) is -0.270. The fourth-order valence-electron chi connectivity index (χ4n) is 2.99. The van der Waals surface area contributed by atoms with Crippen molar-refractivity contribution in [2.45, 2.75) is 38.3 Å². The Kier molecular flexibility index (Phi) is 3.36. The third-order valence-corrected chi connectivity index (χ3v) is 5.79. The first-order valence-corrected chi connectivity index (χ1v) is 9.04. The van der Waals surface area contributed by atoms with E-state index in [0.717, 1.165) is 5.56 Å². The highest BCUT2D eigenvalue weighted by molar-refractivity contribution is 7.91. The number of nitrogens with one attached hydrogen (secondary N) is 1. The minimum atomic E-state index is -3.06. The molecule has 1 fully saturated rings. The lowest BCUT2D eigenvalue weighted by atomic mass is 10.00. The monoisotopic (exact) mass is 325 g/mol. The second kappa shape index (κ2) is 4.87. The maximum atomic E-state index is 12.3. The van der Waals surface area contributed by atoms with Crippen LogP contribution in [0.15, 0.2) is 12.1 Å². The number of rotatable bonds is 2. The number of hydrogen-bond donors (Lipinski definition) is 2. The Labute approximate surface area is 129 Å². The van der Waals surface area contributed by atoms with Gasteiger partial charge in [-0.25, -0.2) is 8.42 Å². The second-order valence-corrected chi connectivity index (χ2v) is 8.79. The number of fused-ring (bicyclic) bond motifs is 1. The third-order valence-electron chi connectivity index (χ3n) is 4.02. The molecule has 22 heavy (non-hydrogen) atoms. The Morgan fingerprint density at radius 1 is 1.41 bits per heavy atom. The maximum absolute atomic E-state index is 12.3. The highest BCUT2D eigenvalue weighted by Crippen LogP contribution is 2.43. The number of carbonyl (C=O) groups excluding carboxylic acids is 1. The highest BCUT2D eigenvalue weighted by atomic mass is 32.2. The van der Waals surface area contributed by atoms with E-state index >= 15 is 0 Å². The molecular weight excluding hydrogens is 306 g/mol. The Hall–Kier alpha value is -1.76. The molecule has 2 heterocycles. The number of aromatic hydroxyl groups is 1. The van der Waals surface area contributed by atoms with E-state index < -0.39 is 27.4 Å². The second-order valence-electron chi connectivity index (χ2n) is 6.56. The molecule has 1 aromatic carbocycles. The molecule has 2 N–H and O–H groups in total. The molecule has 7 heteroatoms. The molecule has 0 saturated carbocycles. The zero-order valence-electron chi connectivity index (χ0n) is 12.5. The number of phenolic OH excluding ortho intramolecular Hbond substituents is 1. The Morgan fingerprint density at radius 3 is 2.77 bits per heavy atom. The van der Waals surface area contributed by atoms with Gasteiger partial charge in [-0.2, -0.15) is 0 Å². The maximum Gasteiger partial charge on any atom is 0.255 e. The fourth-order valence-corrected chi connectivity index (χ4v) is 4.67. The van der Waals surface area contributed by atoms with Gasteiger partial charge in [0.25, 0.3) is 5.91 Å². The average molecular weight is 325 g/mol. The van der Waals surface area contributed by atoms with Crippen LogP contribution in [0.5, 0.6) is 11.5 Å². The lowest BCUT2D eigenvalue weighted by Gasteiger charge is -2.17. The Balaban J connectivity index is 1.80. The summed E-state index contributed by atoms with van der Waals surface area (Å²) in [7, 11) is -3.06. The number of carbonyl (C=O) groups is 1. The molecule has 120 valence electrons. The van der Waals surface area contributed by atoms with E-state index in [1.165, 1.54) is 0 Å². The van der Waals surface area contributed by atoms with Gasteiger partial charge in [0.15, 0.2) is 21.3 Å². The van der Waals surface area contributed by atoms with Crippen molar-refractivity contribution in [3.63, 3.8) is 0 Å². The van der Waals surface area contributed by atoms with E-state index in [0.29, 0.717) is 18.6 Å². The average Bonchev–Trinajstić information content (AvgIpc) is 2.88. The van der Waals surface area contributed by atoms with Crippen molar-refractivity contribution in [2.75, 3.05) is 11.5 Å². The fraction of sp³-hybridized carbons (Fsp3) is 0.533. The molecule has 0 aromatic heterocycles. The largest absolute Gasteiger partial charge is 0.504 e. The van der Waals surface area contributed by atoms with Gasteiger partial charge in [-0.05, 0) is 26.3 Å². The minimum absolute atomic E-state index is 0.0476. The summed E-state index contributed by atoms with van der Waals surface area (Å²) in [6.07, 6.45) is 1.07. The van der Waals surface area contributed by atoms with Gasteiger partial charge in [0.05, 0.1) is 17.1 Å². The summed E-state index contributed by atoms with van der Waals surface area (Å²) in [5.41, 5.74) is 0.567. The first-order chi connectivity index (χ1) is 10.2. The molecule has 0 spiro atoms. The topological polar surface area (TPSA) is 92.7 Å². The van der Waals surface area contributed by atoms with Gasteiger partial charge in [0.1, 0.15) is 5.60 Å². The predicted molar refractivity (Wildman–Crippen MR) is 81.0 cm³/mol. The molecule has 2 aliphatic rings. The van der Waals surface area contributed by atoms with Crippen LogP contribution in [0.3, 0.4) is 0 Å². The van der Waals surface area contributed by atoms with Crippen LogP contribution in [-0.2, 0) is 16.3 Å². The first kappa shape index (κ1) is 15.1. The number of benzene rings is 1. The minimum Gasteiger partial charge on any atom is -0.504 e. The molecule has 1 atom stereocenters. The zero-order chi connectivity index (χ0) is 16.1. The van der Waals surface area contributed by atoms with Crippen LogP contribution in [0.25, 0.3) is 0 Å². The van der Waals surface area contributed by atoms with Crippen molar-refractivity contribution in [1.29, 1.82) is 0 Å². The van der Waals surface area contributed by atoms with Crippen LogP contribution < -0.4 is 10.1 Å². The van der Waals surface area contributed by atoms with Gasteiger partial charge in [0, 0.05) is 18.0 Å². The van der Waals surface area contributed by atoms with E-state index in [9.17, 15) is 18.3 Å². The van der Waals surface area contributed by atoms with Crippen LogP contribution in [0.2, 0.25) is 0 Å². The lowest BCUT2D eigenvalue weighted by Crippen LogP contribution is -2.35. The van der Waals surface area contributed by atoms with E-state index in [1.54, 1.807) is 12.1 Å². The molecule has 0 unspecified atom stereocenters. The lowest BCUT2D eigenvalue weighted by molar-refractivity contribution is 0.0935. The zero-order valence-corrected chi connectivity index (χ0v) is 13.4. The molecule has 3 rings (SSSR count). The molecule has 1 saturated heterocycles. The van der Waals surface area contributed by atoms with E-state index in [-0.39, 0.29) is 22.8 Å². The van der Waals surface area contributed by atoms with Gasteiger partial charge in [0.2, 0.25) is 0 Å². The van der Waals surface area contributed by atoms with Crippen LogP contribution in [0.4, 0.5) is 0 Å². The smallest absolute Gasteiger partial charge is 0.255 e. The predicted octanol–water partition coefficient (Wildman–Crippen LogP) is 1.02. The third kappa shape index (κ3) is 2.77. The summed E-state index contributed by atoms with van der Waals surface area (Å²) in [4.78, 5) is 12.3. The number of phenols is 1. The normalized spacial score (nSPS) is 24.5. The van der Waals surface area contributed by atoms with Crippen LogP contribution >= 0.6 is 0 Å². The van der Waals surface area contributed by atoms with Crippen LogP contribution in [0, 0.1) is 0 Å². The molecular formula is C15H19NO5S. The van der Waals surface area contributed by atoms with Crippen molar-refractivity contribution < 1.29 is 23.1 Å². The highest BCUT2D eigenvalue weighted by Gasteiger charge is 2.35. The molecule has 0 bridgehead atoms. The molecule has 1 amide bonds. The van der Waals surface area contributed by atoms with E-state index in [4.69, 9.17) is 4.74 Å². The molecule has 0 aliphatic carbocycles. The summed E-state index contributed by atoms with van der Waals surface area (Å²) < 4.78 is 28.6. The standard InChI is InChI=1S/C15H19NO5S/c1-15(2)7-9-3-4-11(12(17)13(9)21-15)14(18)16-10-5-6-22(19,20)8-10/h3-4,10,17H,5-8H2,1-2H3,(H,16,18)/t10-/m1/s1. The quantitative estimate of drug-likeness (QED) is 0.847. The molecule has 1 aromatic rings. The van der Waals surface area contributed by atoms with Crippen molar-refractivity contribution in [3.05, 3.63) is 23.3 Å². The Morgan fingerprint density at radius 2 is 2.14 bits per heavy atom. The number of sulfone groups is 1. The van der Waals surface area contributed by atoms with Crippen molar-refractivity contribution in [1.82, 2.24) is 5.32 Å². The van der Waals surface area contributed by atoms with Gasteiger partial charge >= 0.3 is 0 Å². The summed E-state index contributed by atoms with van der Waals surface area (Å²) in [6, 6.07) is 2.92. The van der Waals surface area contributed by atoms with Gasteiger partial charge in [-0.15, -0.1) is 0 Å². The van der Waals surface area contributed by atoms with E-state index in [2.05, 4.69) is 5.32 Å². The van der Waals surface area contributed by atoms with Crippen molar-refractivity contribution >= 4 is 15.7 Å². The summed E-state index contributed by atoms with van der Waals surface area (Å²) in [5, 5.41) is 13.0. The molecule has 6 nitrogen and oxygen atoms in total. The first-order valence-electron chi connectivity index (χ1n) is 7.22. The molecule has 0 radical (unpaired) electrons. The van der Waals surface area contributed by atoms with Crippen LogP contribution in [-0.4, -0.2) is 42.6 Å². The molecule has 2 aliphatic heterocycles. The number of amides is 1.